The Kier molecular flexibility index (Phi) is 5.47. The van der Waals surface area contributed by atoms with Crippen molar-refractivity contribution in [2.45, 2.75) is 45.9 Å². The third kappa shape index (κ3) is 5.54. The molecule has 112 valence electrons. The molecule has 0 amide bonds. The van der Waals surface area contributed by atoms with Crippen molar-refractivity contribution in [3.8, 4) is 5.75 Å². The Hall–Kier alpha value is -1.66. The minimum Gasteiger partial charge on any atom is -0.490 e. The van der Waals surface area contributed by atoms with E-state index in [0.29, 0.717) is 17.9 Å². The molecule has 1 aromatic rings. The van der Waals surface area contributed by atoms with Gasteiger partial charge in [-0.15, -0.1) is 0 Å². The fourth-order valence-electron chi connectivity index (χ4n) is 1.53. The molecule has 1 rings (SSSR count). The van der Waals surface area contributed by atoms with Crippen LogP contribution in [0.15, 0.2) is 18.2 Å². The number of aliphatic hydroxyl groups is 1. The highest BCUT2D eigenvalue weighted by Gasteiger charge is 2.17. The van der Waals surface area contributed by atoms with Gasteiger partial charge in [0.2, 0.25) is 0 Å². The first-order valence-corrected chi connectivity index (χ1v) is 6.55. The number of nitrogens with zero attached hydrogens (tertiary/aromatic N) is 1. The summed E-state index contributed by atoms with van der Waals surface area (Å²) in [5, 5.41) is 23.7. The lowest BCUT2D eigenvalue weighted by atomic mass is 10.1. The number of nitrogens with one attached hydrogen (secondary N) is 1. The molecule has 1 aromatic carbocycles. The van der Waals surface area contributed by atoms with E-state index in [0.717, 1.165) is 0 Å². The first-order valence-electron chi connectivity index (χ1n) is 6.55. The maximum absolute atomic E-state index is 10.8. The highest BCUT2D eigenvalue weighted by Crippen LogP contribution is 2.25. The number of non-ortho nitro benzene ring substituents is 1. The third-order valence-corrected chi connectivity index (χ3v) is 2.54. The second kappa shape index (κ2) is 6.67. The molecule has 0 atom stereocenters. The standard InChI is InChI=1S/C14H22N2O4/c1-10(2)15-8-11-7-12(16(18)19)5-6-13(11)20-9-14(3,4)17/h5-7,10,15,17H,8-9H2,1-4H3. The van der Waals surface area contributed by atoms with Crippen molar-refractivity contribution < 1.29 is 14.8 Å². The number of nitro groups is 1. The van der Waals surface area contributed by atoms with Gasteiger partial charge in [-0.2, -0.15) is 0 Å². The van der Waals surface area contributed by atoms with E-state index in [9.17, 15) is 15.2 Å². The summed E-state index contributed by atoms with van der Waals surface area (Å²) in [6.07, 6.45) is 0. The van der Waals surface area contributed by atoms with Crippen LogP contribution in [0, 0.1) is 10.1 Å². The Labute approximate surface area is 118 Å². The number of benzene rings is 1. The summed E-state index contributed by atoms with van der Waals surface area (Å²) in [6, 6.07) is 4.73. The summed E-state index contributed by atoms with van der Waals surface area (Å²) in [7, 11) is 0. The van der Waals surface area contributed by atoms with Crippen molar-refractivity contribution in [1.82, 2.24) is 5.32 Å². The Bertz CT molecular complexity index is 467. The minimum absolute atomic E-state index is 0.0289. The van der Waals surface area contributed by atoms with Gasteiger partial charge in [-0.1, -0.05) is 13.8 Å². The maximum atomic E-state index is 10.8. The molecule has 0 aliphatic rings. The lowest BCUT2D eigenvalue weighted by molar-refractivity contribution is -0.384. The summed E-state index contributed by atoms with van der Waals surface area (Å²) < 4.78 is 5.56. The molecule has 2 N–H and O–H groups in total. The Morgan fingerprint density at radius 1 is 1.45 bits per heavy atom. The van der Waals surface area contributed by atoms with Gasteiger partial charge in [0, 0.05) is 30.3 Å². The van der Waals surface area contributed by atoms with Gasteiger partial charge < -0.3 is 15.2 Å². The monoisotopic (exact) mass is 282 g/mol. The molecule has 0 saturated heterocycles. The van der Waals surface area contributed by atoms with Gasteiger partial charge in [-0.05, 0) is 19.9 Å². The maximum Gasteiger partial charge on any atom is 0.270 e. The van der Waals surface area contributed by atoms with Gasteiger partial charge in [-0.25, -0.2) is 0 Å². The van der Waals surface area contributed by atoms with Crippen molar-refractivity contribution in [3.05, 3.63) is 33.9 Å². The van der Waals surface area contributed by atoms with E-state index in [-0.39, 0.29) is 18.3 Å². The Morgan fingerprint density at radius 2 is 2.10 bits per heavy atom. The number of ether oxygens (including phenoxy) is 1. The summed E-state index contributed by atoms with van der Waals surface area (Å²) in [6.45, 7) is 7.87. The van der Waals surface area contributed by atoms with Crippen molar-refractivity contribution in [2.75, 3.05) is 6.61 Å². The number of nitro benzene ring substituents is 1. The zero-order valence-electron chi connectivity index (χ0n) is 12.3. The predicted molar refractivity (Wildman–Crippen MR) is 76.9 cm³/mol. The first kappa shape index (κ1) is 16.4. The molecule has 0 radical (unpaired) electrons. The van der Waals surface area contributed by atoms with Crippen molar-refractivity contribution >= 4 is 5.69 Å². The van der Waals surface area contributed by atoms with Gasteiger partial charge >= 0.3 is 0 Å². The van der Waals surface area contributed by atoms with E-state index in [2.05, 4.69) is 5.32 Å². The van der Waals surface area contributed by atoms with Crippen LogP contribution < -0.4 is 10.1 Å². The van der Waals surface area contributed by atoms with Crippen LogP contribution in [0.25, 0.3) is 0 Å². The predicted octanol–water partition coefficient (Wildman–Crippen LogP) is 2.24. The van der Waals surface area contributed by atoms with Gasteiger partial charge in [0.05, 0.1) is 10.5 Å². The Morgan fingerprint density at radius 3 is 2.60 bits per heavy atom. The molecule has 0 saturated carbocycles. The first-order chi connectivity index (χ1) is 9.19. The van der Waals surface area contributed by atoms with Crippen molar-refractivity contribution in [2.24, 2.45) is 0 Å². The van der Waals surface area contributed by atoms with Crippen LogP contribution >= 0.6 is 0 Å². The topological polar surface area (TPSA) is 84.6 Å². The summed E-state index contributed by atoms with van der Waals surface area (Å²) in [5.74, 6) is 0.547. The number of hydrogen-bond donors (Lipinski definition) is 2. The van der Waals surface area contributed by atoms with Gasteiger partial charge in [0.1, 0.15) is 12.4 Å². The molecule has 0 heterocycles. The lowest BCUT2D eigenvalue weighted by Crippen LogP contribution is -2.28. The molecule has 0 fully saturated rings. The summed E-state index contributed by atoms with van der Waals surface area (Å²) >= 11 is 0. The van der Waals surface area contributed by atoms with Crippen LogP contribution in [0.1, 0.15) is 33.3 Å². The molecular formula is C14H22N2O4. The quantitative estimate of drug-likeness (QED) is 0.592. The van der Waals surface area contributed by atoms with Crippen LogP contribution in [0.4, 0.5) is 5.69 Å². The largest absolute Gasteiger partial charge is 0.490 e. The van der Waals surface area contributed by atoms with E-state index in [1.54, 1.807) is 19.9 Å². The number of hydrogen-bond acceptors (Lipinski definition) is 5. The van der Waals surface area contributed by atoms with E-state index in [1.165, 1.54) is 12.1 Å². The average Bonchev–Trinajstić information content (AvgIpc) is 2.33. The average molecular weight is 282 g/mol. The minimum atomic E-state index is -0.954. The highest BCUT2D eigenvalue weighted by molar-refractivity contribution is 5.43. The van der Waals surface area contributed by atoms with Crippen molar-refractivity contribution in [1.29, 1.82) is 0 Å². The molecule has 0 aliphatic heterocycles. The molecular weight excluding hydrogens is 260 g/mol. The Balaban J connectivity index is 2.93. The molecule has 20 heavy (non-hydrogen) atoms. The molecule has 0 aliphatic carbocycles. The van der Waals surface area contributed by atoms with Crippen LogP contribution in [0.5, 0.6) is 5.75 Å². The smallest absolute Gasteiger partial charge is 0.270 e. The van der Waals surface area contributed by atoms with Crippen LogP contribution in [-0.4, -0.2) is 28.3 Å². The molecule has 0 bridgehead atoms. The van der Waals surface area contributed by atoms with Gasteiger partial charge in [0.25, 0.3) is 5.69 Å². The van der Waals surface area contributed by atoms with Crippen LogP contribution in [-0.2, 0) is 6.54 Å². The zero-order chi connectivity index (χ0) is 15.3. The van der Waals surface area contributed by atoms with E-state index >= 15 is 0 Å². The zero-order valence-corrected chi connectivity index (χ0v) is 12.3. The van der Waals surface area contributed by atoms with Crippen molar-refractivity contribution in [3.63, 3.8) is 0 Å². The SMILES string of the molecule is CC(C)NCc1cc([N+](=O)[O-])ccc1OCC(C)(C)O. The highest BCUT2D eigenvalue weighted by atomic mass is 16.6. The molecule has 0 unspecified atom stereocenters. The molecule has 0 aromatic heterocycles. The number of rotatable bonds is 7. The molecule has 6 heteroatoms. The normalized spacial score (nSPS) is 11.7. The van der Waals surface area contributed by atoms with Gasteiger partial charge in [0.15, 0.2) is 0 Å². The van der Waals surface area contributed by atoms with E-state index in [4.69, 9.17) is 4.74 Å². The van der Waals surface area contributed by atoms with E-state index in [1.807, 2.05) is 13.8 Å². The fourth-order valence-corrected chi connectivity index (χ4v) is 1.53. The third-order valence-electron chi connectivity index (χ3n) is 2.54. The second-order valence-corrected chi connectivity index (χ2v) is 5.69. The van der Waals surface area contributed by atoms with E-state index < -0.39 is 10.5 Å². The van der Waals surface area contributed by atoms with Crippen LogP contribution in [0.2, 0.25) is 0 Å². The molecule has 0 spiro atoms. The summed E-state index contributed by atoms with van der Waals surface area (Å²) in [5.41, 5.74) is -0.219. The van der Waals surface area contributed by atoms with Gasteiger partial charge in [-0.3, -0.25) is 10.1 Å². The summed E-state index contributed by atoms with van der Waals surface area (Å²) in [4.78, 5) is 10.4. The van der Waals surface area contributed by atoms with Crippen LogP contribution in [0.3, 0.4) is 0 Å². The fraction of sp³-hybridized carbons (Fsp3) is 0.571. The second-order valence-electron chi connectivity index (χ2n) is 5.69. The lowest BCUT2D eigenvalue weighted by Gasteiger charge is -2.20. The molecule has 6 nitrogen and oxygen atoms in total.